The first-order valence-corrected chi connectivity index (χ1v) is 6.13. The van der Waals surface area contributed by atoms with E-state index in [4.69, 9.17) is 0 Å². The summed E-state index contributed by atoms with van der Waals surface area (Å²) in [5.74, 6) is -2.02. The van der Waals surface area contributed by atoms with Crippen molar-refractivity contribution in [3.8, 4) is 5.69 Å². The lowest BCUT2D eigenvalue weighted by molar-refractivity contribution is 0.582. The fraction of sp³-hybridized carbons (Fsp3) is 0. The van der Waals surface area contributed by atoms with E-state index < -0.39 is 17.6 Å². The molecule has 0 radical (unpaired) electrons. The molecule has 2 nitrogen and oxygen atoms in total. The Bertz CT molecular complexity index is 763. The minimum atomic E-state index is -0.692. The van der Waals surface area contributed by atoms with Crippen molar-refractivity contribution < 1.29 is 13.2 Å². The van der Waals surface area contributed by atoms with E-state index in [1.54, 1.807) is 12.3 Å². The summed E-state index contributed by atoms with van der Waals surface area (Å²) in [6, 6.07) is 4.71. The van der Waals surface area contributed by atoms with E-state index in [1.807, 2.05) is 0 Å². The number of fused-ring (bicyclic) bond motifs is 1. The number of benzene rings is 1. The smallest absolute Gasteiger partial charge is 0.223 e. The van der Waals surface area contributed by atoms with Gasteiger partial charge in [-0.3, -0.25) is 0 Å². The minimum Gasteiger partial charge on any atom is -0.315 e. The number of halogens is 4. The lowest BCUT2D eigenvalue weighted by atomic mass is 10.3. The van der Waals surface area contributed by atoms with Crippen LogP contribution in [-0.2, 0) is 0 Å². The summed E-state index contributed by atoms with van der Waals surface area (Å²) in [6.45, 7) is 0. The van der Waals surface area contributed by atoms with Crippen LogP contribution in [0, 0.1) is 17.6 Å². The van der Waals surface area contributed by atoms with Gasteiger partial charge < -0.3 is 4.57 Å². The van der Waals surface area contributed by atoms with Crippen molar-refractivity contribution in [1.29, 1.82) is 0 Å². The highest BCUT2D eigenvalue weighted by molar-refractivity contribution is 9.10. The SMILES string of the molecule is Fc1cc(F)cc(-n2cc(Br)c3c(F)nccc32)c1. The molecule has 2 heterocycles. The van der Waals surface area contributed by atoms with Crippen LogP contribution in [0.5, 0.6) is 0 Å². The Morgan fingerprint density at radius 1 is 1.05 bits per heavy atom. The largest absolute Gasteiger partial charge is 0.315 e. The first-order chi connectivity index (χ1) is 9.06. The predicted molar refractivity (Wildman–Crippen MR) is 68.6 cm³/mol. The molecule has 0 saturated heterocycles. The molecular weight excluding hydrogens is 321 g/mol. The molecule has 0 N–H and O–H groups in total. The van der Waals surface area contributed by atoms with E-state index in [1.165, 1.54) is 22.9 Å². The summed E-state index contributed by atoms with van der Waals surface area (Å²) in [7, 11) is 0. The molecular formula is C13H6BrF3N2. The highest BCUT2D eigenvalue weighted by atomic mass is 79.9. The van der Waals surface area contributed by atoms with Gasteiger partial charge in [-0.05, 0) is 34.1 Å². The van der Waals surface area contributed by atoms with Gasteiger partial charge in [0, 0.05) is 22.9 Å². The molecule has 0 aliphatic heterocycles. The van der Waals surface area contributed by atoms with Gasteiger partial charge in [-0.25, -0.2) is 13.8 Å². The molecule has 6 heteroatoms. The molecule has 19 heavy (non-hydrogen) atoms. The molecule has 0 amide bonds. The maximum Gasteiger partial charge on any atom is 0.223 e. The van der Waals surface area contributed by atoms with Crippen LogP contribution in [0.1, 0.15) is 0 Å². The number of hydrogen-bond donors (Lipinski definition) is 0. The van der Waals surface area contributed by atoms with E-state index in [-0.39, 0.29) is 11.1 Å². The third-order valence-electron chi connectivity index (χ3n) is 2.75. The van der Waals surface area contributed by atoms with Gasteiger partial charge >= 0.3 is 0 Å². The zero-order valence-corrected chi connectivity index (χ0v) is 11.0. The molecule has 3 rings (SSSR count). The second kappa shape index (κ2) is 4.38. The van der Waals surface area contributed by atoms with Gasteiger partial charge in [-0.2, -0.15) is 4.39 Å². The van der Waals surface area contributed by atoms with Gasteiger partial charge in [-0.1, -0.05) is 0 Å². The number of aromatic nitrogens is 2. The van der Waals surface area contributed by atoms with Crippen molar-refractivity contribution in [3.05, 3.63) is 58.7 Å². The van der Waals surface area contributed by atoms with Crippen molar-refractivity contribution in [2.45, 2.75) is 0 Å². The van der Waals surface area contributed by atoms with Gasteiger partial charge in [0.1, 0.15) is 11.6 Å². The maximum atomic E-state index is 13.6. The molecule has 0 spiro atoms. The fourth-order valence-corrected chi connectivity index (χ4v) is 2.56. The van der Waals surface area contributed by atoms with E-state index in [2.05, 4.69) is 20.9 Å². The molecule has 3 aromatic rings. The van der Waals surface area contributed by atoms with Crippen LogP contribution in [0.3, 0.4) is 0 Å². The average Bonchev–Trinajstić information content (AvgIpc) is 2.67. The van der Waals surface area contributed by atoms with Crippen LogP contribution in [0.25, 0.3) is 16.6 Å². The molecule has 0 bridgehead atoms. The Kier molecular flexibility index (Phi) is 2.82. The van der Waals surface area contributed by atoms with Crippen LogP contribution >= 0.6 is 15.9 Å². The van der Waals surface area contributed by atoms with Crippen molar-refractivity contribution in [3.63, 3.8) is 0 Å². The maximum absolute atomic E-state index is 13.6. The van der Waals surface area contributed by atoms with Crippen LogP contribution < -0.4 is 0 Å². The molecule has 0 fully saturated rings. The third kappa shape index (κ3) is 2.02. The molecule has 0 aliphatic rings. The van der Waals surface area contributed by atoms with Crippen molar-refractivity contribution >= 4 is 26.8 Å². The highest BCUT2D eigenvalue weighted by Crippen LogP contribution is 2.30. The molecule has 2 aromatic heterocycles. The van der Waals surface area contributed by atoms with Crippen LogP contribution in [0.2, 0.25) is 0 Å². The van der Waals surface area contributed by atoms with E-state index in [0.29, 0.717) is 9.99 Å². The quantitative estimate of drug-likeness (QED) is 0.613. The standard InChI is InChI=1S/C13H6BrF3N2/c14-10-6-19(9-4-7(15)3-8(16)5-9)11-1-2-18-13(17)12(10)11/h1-6H. The summed E-state index contributed by atoms with van der Waals surface area (Å²) < 4.78 is 42.1. The summed E-state index contributed by atoms with van der Waals surface area (Å²) in [4.78, 5) is 3.55. The Morgan fingerprint density at radius 2 is 1.74 bits per heavy atom. The van der Waals surface area contributed by atoms with Crippen LogP contribution in [0.15, 0.2) is 41.1 Å². The van der Waals surface area contributed by atoms with Crippen LogP contribution in [0.4, 0.5) is 13.2 Å². The molecule has 0 saturated carbocycles. The molecule has 0 aliphatic carbocycles. The van der Waals surface area contributed by atoms with E-state index >= 15 is 0 Å². The first-order valence-electron chi connectivity index (χ1n) is 5.34. The molecule has 0 atom stereocenters. The van der Waals surface area contributed by atoms with Crippen molar-refractivity contribution in [1.82, 2.24) is 9.55 Å². The number of hydrogen-bond acceptors (Lipinski definition) is 1. The van der Waals surface area contributed by atoms with Gasteiger partial charge in [0.15, 0.2) is 0 Å². The summed E-state index contributed by atoms with van der Waals surface area (Å²) in [6.07, 6.45) is 2.85. The predicted octanol–water partition coefficient (Wildman–Crippen LogP) is 4.21. The molecule has 1 aromatic carbocycles. The Balaban J connectivity index is 2.34. The van der Waals surface area contributed by atoms with Crippen LogP contribution in [-0.4, -0.2) is 9.55 Å². The average molecular weight is 327 g/mol. The first kappa shape index (κ1) is 12.2. The summed E-state index contributed by atoms with van der Waals surface area (Å²) in [5.41, 5.74) is 0.753. The number of nitrogens with zero attached hydrogens (tertiary/aromatic N) is 2. The zero-order valence-electron chi connectivity index (χ0n) is 9.37. The van der Waals surface area contributed by atoms with E-state index in [9.17, 15) is 13.2 Å². The summed E-state index contributed by atoms with van der Waals surface area (Å²) >= 11 is 3.21. The normalized spacial score (nSPS) is 11.2. The van der Waals surface area contributed by atoms with Gasteiger partial charge in [0.25, 0.3) is 0 Å². The Morgan fingerprint density at radius 3 is 2.42 bits per heavy atom. The van der Waals surface area contributed by atoms with E-state index in [0.717, 1.165) is 6.07 Å². The lowest BCUT2D eigenvalue weighted by Crippen LogP contribution is -1.95. The number of pyridine rings is 1. The Labute approximate surface area is 114 Å². The zero-order chi connectivity index (χ0) is 13.6. The fourth-order valence-electron chi connectivity index (χ4n) is 1.99. The van der Waals surface area contributed by atoms with Crippen molar-refractivity contribution in [2.24, 2.45) is 0 Å². The Hall–Kier alpha value is -1.82. The minimum absolute atomic E-state index is 0.271. The monoisotopic (exact) mass is 326 g/mol. The summed E-state index contributed by atoms with van der Waals surface area (Å²) in [5, 5.41) is 0.271. The highest BCUT2D eigenvalue weighted by Gasteiger charge is 2.13. The second-order valence-corrected chi connectivity index (χ2v) is 4.82. The molecule has 96 valence electrons. The van der Waals surface area contributed by atoms with Gasteiger partial charge in [-0.15, -0.1) is 0 Å². The van der Waals surface area contributed by atoms with Gasteiger partial charge in [0.05, 0.1) is 16.6 Å². The lowest BCUT2D eigenvalue weighted by Gasteiger charge is -2.05. The van der Waals surface area contributed by atoms with Gasteiger partial charge in [0.2, 0.25) is 5.95 Å². The second-order valence-electron chi connectivity index (χ2n) is 3.97. The third-order valence-corrected chi connectivity index (χ3v) is 3.35. The number of rotatable bonds is 1. The molecule has 0 unspecified atom stereocenters. The topological polar surface area (TPSA) is 17.8 Å². The van der Waals surface area contributed by atoms with Crippen molar-refractivity contribution in [2.75, 3.05) is 0 Å².